The lowest BCUT2D eigenvalue weighted by Gasteiger charge is -2.30. The molecule has 0 saturated carbocycles. The second-order valence-electron chi connectivity index (χ2n) is 7.63. The van der Waals surface area contributed by atoms with Crippen LogP contribution in [0.5, 0.6) is 0 Å². The van der Waals surface area contributed by atoms with E-state index in [1.54, 1.807) is 0 Å². The highest BCUT2D eigenvalue weighted by molar-refractivity contribution is 5.90. The minimum absolute atomic E-state index is 0.187. The van der Waals surface area contributed by atoms with Gasteiger partial charge in [0.15, 0.2) is 0 Å². The minimum atomic E-state index is 0.187. The number of hydrogen-bond donors (Lipinski definition) is 0. The van der Waals surface area contributed by atoms with Crippen molar-refractivity contribution in [2.75, 3.05) is 0 Å². The first-order chi connectivity index (χ1) is 9.18. The summed E-state index contributed by atoms with van der Waals surface area (Å²) in [6, 6.07) is 11.3. The van der Waals surface area contributed by atoms with Crippen molar-refractivity contribution < 1.29 is 0 Å². The maximum absolute atomic E-state index is 2.46. The maximum atomic E-state index is 2.46. The molecule has 108 valence electrons. The Morgan fingerprint density at radius 1 is 0.850 bits per heavy atom. The van der Waals surface area contributed by atoms with Gasteiger partial charge in [-0.25, -0.2) is 0 Å². The van der Waals surface area contributed by atoms with Crippen molar-refractivity contribution in [1.82, 2.24) is 0 Å². The van der Waals surface area contributed by atoms with E-state index >= 15 is 0 Å². The van der Waals surface area contributed by atoms with Crippen LogP contribution in [0, 0.1) is 6.92 Å². The molecule has 0 fully saturated rings. The predicted octanol–water partition coefficient (Wildman–Crippen LogP) is 6.13. The molecule has 2 rings (SSSR count). The Kier molecular flexibility index (Phi) is 3.71. The Bertz CT molecular complexity index is 624. The molecule has 0 heteroatoms. The molecule has 0 radical (unpaired) electrons. The van der Waals surface area contributed by atoms with E-state index < -0.39 is 0 Å². The Morgan fingerprint density at radius 3 is 1.90 bits per heavy atom. The molecule has 0 heterocycles. The average molecular weight is 268 g/mol. The maximum Gasteiger partial charge on any atom is -0.00999 e. The molecule has 0 atom stereocenters. The summed E-state index contributed by atoms with van der Waals surface area (Å²) in [5.74, 6) is 0. The molecule has 0 N–H and O–H groups in total. The third-order valence-electron chi connectivity index (χ3n) is 4.73. The third-order valence-corrected chi connectivity index (χ3v) is 4.73. The van der Waals surface area contributed by atoms with Crippen molar-refractivity contribution in [1.29, 1.82) is 0 Å². The summed E-state index contributed by atoms with van der Waals surface area (Å²) < 4.78 is 0. The van der Waals surface area contributed by atoms with Gasteiger partial charge in [-0.1, -0.05) is 71.9 Å². The molecule has 0 nitrogen and oxygen atoms in total. The summed E-state index contributed by atoms with van der Waals surface area (Å²) >= 11 is 0. The summed E-state index contributed by atoms with van der Waals surface area (Å²) in [5.41, 5.74) is 4.81. The molecule has 0 aliphatic heterocycles. The van der Waals surface area contributed by atoms with Crippen molar-refractivity contribution in [3.8, 4) is 0 Å². The summed E-state index contributed by atoms with van der Waals surface area (Å²) in [4.78, 5) is 0. The monoisotopic (exact) mass is 268 g/mol. The van der Waals surface area contributed by atoms with Gasteiger partial charge in [0.1, 0.15) is 0 Å². The standard InChI is InChI=1S/C20H28/c1-8-20(6,7)18-13-17(19(3,4)5)14(2)15-11-9-10-12-16(15)18/h9-13H,8H2,1-7H3. The molecule has 2 aromatic carbocycles. The average Bonchev–Trinajstić information content (AvgIpc) is 2.37. The molecular formula is C20H28. The van der Waals surface area contributed by atoms with Crippen molar-refractivity contribution in [2.24, 2.45) is 0 Å². The zero-order valence-corrected chi connectivity index (χ0v) is 14.1. The van der Waals surface area contributed by atoms with Crippen LogP contribution in [0.2, 0.25) is 0 Å². The van der Waals surface area contributed by atoms with Gasteiger partial charge in [-0.3, -0.25) is 0 Å². The largest absolute Gasteiger partial charge is 0.0646 e. The fraction of sp³-hybridized carbons (Fsp3) is 0.500. The SMILES string of the molecule is CCC(C)(C)c1cc(C(C)(C)C)c(C)c2ccccc12. The molecule has 0 saturated heterocycles. The van der Waals surface area contributed by atoms with Gasteiger partial charge in [0.05, 0.1) is 0 Å². The van der Waals surface area contributed by atoms with E-state index in [0.29, 0.717) is 0 Å². The van der Waals surface area contributed by atoms with E-state index in [1.807, 2.05) is 0 Å². The summed E-state index contributed by atoms with van der Waals surface area (Å²) in [5, 5.41) is 2.83. The van der Waals surface area contributed by atoms with Crippen molar-refractivity contribution >= 4 is 10.8 Å². The molecule has 0 bridgehead atoms. The Balaban J connectivity index is 2.90. The van der Waals surface area contributed by atoms with Gasteiger partial charge in [0.25, 0.3) is 0 Å². The van der Waals surface area contributed by atoms with Crippen LogP contribution in [-0.2, 0) is 10.8 Å². The highest BCUT2D eigenvalue weighted by Gasteiger charge is 2.25. The molecular weight excluding hydrogens is 240 g/mol. The van der Waals surface area contributed by atoms with E-state index in [9.17, 15) is 0 Å². The molecule has 0 spiro atoms. The van der Waals surface area contributed by atoms with Crippen molar-refractivity contribution in [3.63, 3.8) is 0 Å². The van der Waals surface area contributed by atoms with Gasteiger partial charge in [-0.15, -0.1) is 0 Å². The lowest BCUT2D eigenvalue weighted by Crippen LogP contribution is -2.20. The van der Waals surface area contributed by atoms with E-state index in [4.69, 9.17) is 0 Å². The predicted molar refractivity (Wildman–Crippen MR) is 90.7 cm³/mol. The Labute approximate surface area is 124 Å². The minimum Gasteiger partial charge on any atom is -0.0646 e. The second-order valence-corrected chi connectivity index (χ2v) is 7.63. The Morgan fingerprint density at radius 2 is 1.40 bits per heavy atom. The normalized spacial score (nSPS) is 12.9. The van der Waals surface area contributed by atoms with Crippen LogP contribution in [0.4, 0.5) is 0 Å². The van der Waals surface area contributed by atoms with Crippen LogP contribution in [0.15, 0.2) is 30.3 Å². The first-order valence-corrected chi connectivity index (χ1v) is 7.72. The summed E-state index contributed by atoms with van der Waals surface area (Å²) in [7, 11) is 0. The quantitative estimate of drug-likeness (QED) is 0.614. The fourth-order valence-electron chi connectivity index (χ4n) is 3.05. The fourth-order valence-corrected chi connectivity index (χ4v) is 3.05. The molecule has 0 unspecified atom stereocenters. The number of hydrogen-bond acceptors (Lipinski definition) is 0. The Hall–Kier alpha value is -1.30. The molecule has 0 aromatic heterocycles. The number of benzene rings is 2. The first kappa shape index (κ1) is 15.1. The van der Waals surface area contributed by atoms with Crippen LogP contribution in [-0.4, -0.2) is 0 Å². The first-order valence-electron chi connectivity index (χ1n) is 7.72. The number of rotatable bonds is 2. The smallest absolute Gasteiger partial charge is 0.00999 e. The topological polar surface area (TPSA) is 0 Å². The molecule has 0 amide bonds. The van der Waals surface area contributed by atoms with Gasteiger partial charge in [-0.05, 0) is 51.6 Å². The zero-order valence-electron chi connectivity index (χ0n) is 14.1. The van der Waals surface area contributed by atoms with Gasteiger partial charge in [0, 0.05) is 0 Å². The van der Waals surface area contributed by atoms with Crippen molar-refractivity contribution in [2.45, 2.75) is 65.7 Å². The van der Waals surface area contributed by atoms with E-state index in [1.165, 1.54) is 27.5 Å². The molecule has 0 aliphatic rings. The summed E-state index contributed by atoms with van der Waals surface area (Å²) in [6.07, 6.45) is 1.16. The molecule has 2 aromatic rings. The lowest BCUT2D eigenvalue weighted by atomic mass is 9.74. The highest BCUT2D eigenvalue weighted by Crippen LogP contribution is 2.39. The number of aryl methyl sites for hydroxylation is 1. The van der Waals surface area contributed by atoms with Crippen LogP contribution in [0.1, 0.15) is 64.7 Å². The van der Waals surface area contributed by atoms with E-state index in [0.717, 1.165) is 6.42 Å². The van der Waals surface area contributed by atoms with Gasteiger partial charge < -0.3 is 0 Å². The third kappa shape index (κ3) is 2.49. The zero-order chi connectivity index (χ0) is 15.1. The molecule has 0 aliphatic carbocycles. The van der Waals surface area contributed by atoms with Crippen LogP contribution in [0.25, 0.3) is 10.8 Å². The van der Waals surface area contributed by atoms with Gasteiger partial charge in [0.2, 0.25) is 0 Å². The van der Waals surface area contributed by atoms with E-state index in [2.05, 4.69) is 78.8 Å². The van der Waals surface area contributed by atoms with E-state index in [-0.39, 0.29) is 10.8 Å². The second kappa shape index (κ2) is 4.91. The van der Waals surface area contributed by atoms with Crippen LogP contribution in [0.3, 0.4) is 0 Å². The van der Waals surface area contributed by atoms with Gasteiger partial charge in [-0.2, -0.15) is 0 Å². The van der Waals surface area contributed by atoms with Crippen LogP contribution < -0.4 is 0 Å². The lowest BCUT2D eigenvalue weighted by molar-refractivity contribution is 0.506. The van der Waals surface area contributed by atoms with Gasteiger partial charge >= 0.3 is 0 Å². The summed E-state index contributed by atoms with van der Waals surface area (Å²) in [6.45, 7) is 16.2. The number of fused-ring (bicyclic) bond motifs is 1. The molecule has 20 heavy (non-hydrogen) atoms. The highest BCUT2D eigenvalue weighted by atomic mass is 14.3. The van der Waals surface area contributed by atoms with Crippen molar-refractivity contribution in [3.05, 3.63) is 47.0 Å². The van der Waals surface area contributed by atoms with Crippen LogP contribution >= 0.6 is 0 Å².